The zero-order valence-electron chi connectivity index (χ0n) is 16.5. The lowest BCUT2D eigenvalue weighted by Gasteiger charge is -2.22. The molecule has 1 nitrogen and oxygen atoms in total. The molecule has 1 saturated heterocycles. The molecule has 2 heteroatoms. The van der Waals surface area contributed by atoms with Gasteiger partial charge in [-0.15, -0.1) is 11.8 Å². The minimum absolute atomic E-state index is 0.454. The van der Waals surface area contributed by atoms with Gasteiger partial charge >= 0.3 is 0 Å². The summed E-state index contributed by atoms with van der Waals surface area (Å²) < 4.78 is 5.83. The summed E-state index contributed by atoms with van der Waals surface area (Å²) >= 11 is 2.09. The summed E-state index contributed by atoms with van der Waals surface area (Å²) in [5, 5.41) is 0.454. The third kappa shape index (κ3) is 7.35. The Morgan fingerprint density at radius 2 is 1.41 bits per heavy atom. The van der Waals surface area contributed by atoms with Crippen LogP contribution in [-0.2, 0) is 4.74 Å². The Balaban J connectivity index is 1.33. The molecule has 1 fully saturated rings. The molecule has 2 aromatic carbocycles. The molecular formula is C25H34OS. The van der Waals surface area contributed by atoms with Crippen LogP contribution in [0.15, 0.2) is 60.7 Å². The van der Waals surface area contributed by atoms with Crippen molar-refractivity contribution in [3.05, 3.63) is 71.8 Å². The predicted molar refractivity (Wildman–Crippen MR) is 118 cm³/mol. The van der Waals surface area contributed by atoms with Gasteiger partial charge in [0.1, 0.15) is 0 Å². The standard InChI is InChI=1S/C25H34OS/c1(2-10-18-24-19-11-12-20-26-24)3-13-21-27-25(22-14-6-4-7-15-22)23-16-8-5-9-17-23/h4-9,14-17,24-25H,1-3,10-13,18-21H2. The van der Waals surface area contributed by atoms with Crippen LogP contribution >= 0.6 is 11.8 Å². The van der Waals surface area contributed by atoms with Gasteiger partial charge in [0.05, 0.1) is 11.4 Å². The van der Waals surface area contributed by atoms with Gasteiger partial charge in [-0.2, -0.15) is 0 Å². The Morgan fingerprint density at radius 1 is 0.778 bits per heavy atom. The normalized spacial score (nSPS) is 17.3. The highest BCUT2D eigenvalue weighted by molar-refractivity contribution is 7.99. The average Bonchev–Trinajstić information content (AvgIpc) is 2.75. The fourth-order valence-corrected chi connectivity index (χ4v) is 5.19. The first-order chi connectivity index (χ1) is 13.4. The van der Waals surface area contributed by atoms with Crippen LogP contribution in [0.1, 0.15) is 74.2 Å². The zero-order valence-corrected chi connectivity index (χ0v) is 17.3. The van der Waals surface area contributed by atoms with Crippen LogP contribution in [0.3, 0.4) is 0 Å². The van der Waals surface area contributed by atoms with Crippen LogP contribution in [0.5, 0.6) is 0 Å². The third-order valence-corrected chi connectivity index (χ3v) is 6.84. The van der Waals surface area contributed by atoms with Crippen molar-refractivity contribution < 1.29 is 4.74 Å². The summed E-state index contributed by atoms with van der Waals surface area (Å²) in [5.74, 6) is 1.24. The number of hydrogen-bond acceptors (Lipinski definition) is 2. The van der Waals surface area contributed by atoms with Gasteiger partial charge in [-0.05, 0) is 49.0 Å². The van der Waals surface area contributed by atoms with Crippen molar-refractivity contribution in [2.75, 3.05) is 12.4 Å². The lowest BCUT2D eigenvalue weighted by molar-refractivity contribution is 0.00977. The fraction of sp³-hybridized carbons (Fsp3) is 0.520. The van der Waals surface area contributed by atoms with Gasteiger partial charge in [0.15, 0.2) is 0 Å². The highest BCUT2D eigenvalue weighted by atomic mass is 32.2. The summed E-state index contributed by atoms with van der Waals surface area (Å²) in [6, 6.07) is 21.9. The summed E-state index contributed by atoms with van der Waals surface area (Å²) in [4.78, 5) is 0. The van der Waals surface area contributed by atoms with Crippen LogP contribution in [0.4, 0.5) is 0 Å². The molecule has 27 heavy (non-hydrogen) atoms. The van der Waals surface area contributed by atoms with E-state index in [0.717, 1.165) is 6.61 Å². The second kappa shape index (κ2) is 12.3. The Bertz CT molecular complexity index is 567. The lowest BCUT2D eigenvalue weighted by Crippen LogP contribution is -2.18. The number of ether oxygens (including phenoxy) is 1. The van der Waals surface area contributed by atoms with Gasteiger partial charge < -0.3 is 4.74 Å². The first-order valence-corrected chi connectivity index (χ1v) is 11.8. The highest BCUT2D eigenvalue weighted by Gasteiger charge is 2.14. The maximum absolute atomic E-state index is 5.83. The second-order valence-corrected chi connectivity index (χ2v) is 8.83. The molecule has 0 saturated carbocycles. The molecule has 0 aliphatic carbocycles. The van der Waals surface area contributed by atoms with E-state index in [2.05, 4.69) is 72.4 Å². The highest BCUT2D eigenvalue weighted by Crippen LogP contribution is 2.36. The molecule has 1 aliphatic rings. The molecule has 3 rings (SSSR count). The van der Waals surface area contributed by atoms with E-state index in [1.807, 2.05) is 0 Å². The van der Waals surface area contributed by atoms with E-state index in [9.17, 15) is 0 Å². The van der Waals surface area contributed by atoms with Crippen molar-refractivity contribution in [1.29, 1.82) is 0 Å². The van der Waals surface area contributed by atoms with E-state index >= 15 is 0 Å². The van der Waals surface area contributed by atoms with Crippen molar-refractivity contribution in [2.24, 2.45) is 0 Å². The van der Waals surface area contributed by atoms with Crippen molar-refractivity contribution in [1.82, 2.24) is 0 Å². The maximum atomic E-state index is 5.83. The molecule has 0 aromatic heterocycles. The van der Waals surface area contributed by atoms with Gasteiger partial charge in [0.2, 0.25) is 0 Å². The van der Waals surface area contributed by atoms with Crippen molar-refractivity contribution in [3.8, 4) is 0 Å². The van der Waals surface area contributed by atoms with Crippen LogP contribution in [0, 0.1) is 0 Å². The van der Waals surface area contributed by atoms with E-state index in [4.69, 9.17) is 4.74 Å². The number of hydrogen-bond donors (Lipinski definition) is 0. The average molecular weight is 383 g/mol. The van der Waals surface area contributed by atoms with Crippen molar-refractivity contribution >= 4 is 11.8 Å². The number of thioether (sulfide) groups is 1. The van der Waals surface area contributed by atoms with Crippen LogP contribution in [-0.4, -0.2) is 18.5 Å². The Kier molecular flexibility index (Phi) is 9.30. The molecule has 1 aliphatic heterocycles. The molecular weight excluding hydrogens is 348 g/mol. The van der Waals surface area contributed by atoms with E-state index < -0.39 is 0 Å². The first kappa shape index (κ1) is 20.5. The van der Waals surface area contributed by atoms with Gasteiger partial charge in [-0.25, -0.2) is 0 Å². The predicted octanol–water partition coefficient (Wildman–Crippen LogP) is 7.42. The summed E-state index contributed by atoms with van der Waals surface area (Å²) in [6.45, 7) is 0.992. The molecule has 0 amide bonds. The minimum atomic E-state index is 0.454. The topological polar surface area (TPSA) is 9.23 Å². The fourth-order valence-electron chi connectivity index (χ4n) is 3.88. The Labute approximate surface area is 169 Å². The van der Waals surface area contributed by atoms with Crippen molar-refractivity contribution in [3.63, 3.8) is 0 Å². The van der Waals surface area contributed by atoms with Gasteiger partial charge in [0, 0.05) is 6.61 Å². The van der Waals surface area contributed by atoms with Gasteiger partial charge in [-0.3, -0.25) is 0 Å². The molecule has 146 valence electrons. The number of rotatable bonds is 11. The minimum Gasteiger partial charge on any atom is -0.378 e. The molecule has 1 unspecified atom stereocenters. The van der Waals surface area contributed by atoms with E-state index in [-0.39, 0.29) is 0 Å². The Morgan fingerprint density at radius 3 is 2.04 bits per heavy atom. The number of benzene rings is 2. The van der Waals surface area contributed by atoms with Gasteiger partial charge in [-0.1, -0.05) is 86.3 Å². The summed E-state index contributed by atoms with van der Waals surface area (Å²) in [7, 11) is 0. The summed E-state index contributed by atoms with van der Waals surface area (Å²) in [6.07, 6.45) is 12.5. The second-order valence-electron chi connectivity index (χ2n) is 7.62. The molecule has 1 atom stereocenters. The molecule has 1 heterocycles. The quantitative estimate of drug-likeness (QED) is 0.374. The lowest BCUT2D eigenvalue weighted by atomic mass is 10.0. The van der Waals surface area contributed by atoms with E-state index in [1.165, 1.54) is 74.7 Å². The van der Waals surface area contributed by atoms with E-state index in [1.54, 1.807) is 0 Å². The number of unbranched alkanes of at least 4 members (excludes halogenated alkanes) is 4. The molecule has 0 radical (unpaired) electrons. The third-order valence-electron chi connectivity index (χ3n) is 5.43. The van der Waals surface area contributed by atoms with Crippen LogP contribution in [0.2, 0.25) is 0 Å². The molecule has 0 spiro atoms. The largest absolute Gasteiger partial charge is 0.378 e. The molecule has 0 N–H and O–H groups in total. The smallest absolute Gasteiger partial charge is 0.0575 e. The molecule has 2 aromatic rings. The van der Waals surface area contributed by atoms with Crippen molar-refractivity contribution in [2.45, 2.75) is 69.1 Å². The first-order valence-electron chi connectivity index (χ1n) is 10.8. The summed E-state index contributed by atoms with van der Waals surface area (Å²) in [5.41, 5.74) is 2.84. The maximum Gasteiger partial charge on any atom is 0.0575 e. The van der Waals surface area contributed by atoms with Gasteiger partial charge in [0.25, 0.3) is 0 Å². The monoisotopic (exact) mass is 382 g/mol. The Hall–Kier alpha value is -1.25. The zero-order chi connectivity index (χ0) is 18.6. The molecule has 0 bridgehead atoms. The van der Waals surface area contributed by atoms with E-state index in [0.29, 0.717) is 11.4 Å². The SMILES string of the molecule is c1ccc(C(SCCCCCCCC2CCCCO2)c2ccccc2)cc1. The van der Waals surface area contributed by atoms with Crippen LogP contribution in [0.25, 0.3) is 0 Å². The van der Waals surface area contributed by atoms with Crippen LogP contribution < -0.4 is 0 Å².